The zero-order chi connectivity index (χ0) is 21.8. The number of nitrogens with zero attached hydrogens (tertiary/aromatic N) is 5. The van der Waals surface area contributed by atoms with Crippen LogP contribution >= 0.6 is 0 Å². The Kier molecular flexibility index (Phi) is 5.80. The number of amides is 1. The van der Waals surface area contributed by atoms with Crippen LogP contribution < -0.4 is 15.4 Å². The predicted octanol–water partition coefficient (Wildman–Crippen LogP) is 4.11. The second-order valence-electron chi connectivity index (χ2n) is 7.41. The fourth-order valence-corrected chi connectivity index (χ4v) is 3.98. The maximum Gasteiger partial charge on any atom is 0.264 e. The molecule has 2 N–H and O–H groups in total. The van der Waals surface area contributed by atoms with Gasteiger partial charge in [0.05, 0.1) is 31.0 Å². The van der Waals surface area contributed by atoms with Crippen molar-refractivity contribution in [3.8, 4) is 5.88 Å². The fraction of sp³-hybridized carbons (Fsp3) is 0.318. The Morgan fingerprint density at radius 3 is 3.03 bits per heavy atom. The van der Waals surface area contributed by atoms with E-state index in [1.54, 1.807) is 0 Å². The number of carbonyl (C=O) groups excluding carboxylic acids is 1. The number of hydrogen-bond acceptors (Lipinski definition) is 6. The lowest BCUT2D eigenvalue weighted by Crippen LogP contribution is -2.29. The van der Waals surface area contributed by atoms with E-state index < -0.39 is 0 Å². The molecular weight excluding hydrogens is 394 g/mol. The molecule has 0 unspecified atom stereocenters. The Bertz CT molecular complexity index is 1160. The minimum atomic E-state index is -0.247. The van der Waals surface area contributed by atoms with Crippen LogP contribution in [0.4, 0.5) is 17.3 Å². The molecular formula is C22H23N7O2. The number of aromatic nitrogens is 4. The average molecular weight is 417 g/mol. The summed E-state index contributed by atoms with van der Waals surface area (Å²) in [7, 11) is 1.50. The average Bonchev–Trinajstić information content (AvgIpc) is 3.22. The van der Waals surface area contributed by atoms with Gasteiger partial charge >= 0.3 is 0 Å². The molecule has 1 fully saturated rings. The number of hydrogen-bond donors (Lipinski definition) is 2. The molecule has 0 aliphatic heterocycles. The molecule has 1 saturated carbocycles. The van der Waals surface area contributed by atoms with E-state index >= 15 is 0 Å². The lowest BCUT2D eigenvalue weighted by atomic mass is 9.90. The van der Waals surface area contributed by atoms with Crippen molar-refractivity contribution >= 4 is 34.3 Å². The molecule has 2 heterocycles. The van der Waals surface area contributed by atoms with Crippen molar-refractivity contribution in [1.82, 2.24) is 19.5 Å². The standard InChI is InChI=1S/C22H23N7O2/c1-4-20(30)26-15-8-9-19-17(11-15)25-13-29(19)16-7-5-6-14(10-16)27-22-24-12-18(23-2)21(28-22)31-3/h4,8-9,11-14,16H,1,5-7,10H2,3H3,(H,26,30)(H,24,27,28)/t14-,16+/m1/s1. The first-order chi connectivity index (χ1) is 15.1. The van der Waals surface area contributed by atoms with Gasteiger partial charge < -0.3 is 19.9 Å². The third kappa shape index (κ3) is 4.33. The van der Waals surface area contributed by atoms with Gasteiger partial charge in [-0.1, -0.05) is 6.58 Å². The summed E-state index contributed by atoms with van der Waals surface area (Å²) in [5.41, 5.74) is 2.85. The molecule has 158 valence electrons. The van der Waals surface area contributed by atoms with Gasteiger partial charge in [-0.15, -0.1) is 0 Å². The molecule has 9 heteroatoms. The molecule has 0 bridgehead atoms. The van der Waals surface area contributed by atoms with Crippen molar-refractivity contribution in [2.75, 3.05) is 17.7 Å². The van der Waals surface area contributed by atoms with Crippen LogP contribution in [0.3, 0.4) is 0 Å². The second-order valence-corrected chi connectivity index (χ2v) is 7.41. The SMILES string of the molecule is [C-]#[N+]c1cnc(N[C@@H]2CCC[C@H](n3cnc4cc(NC(=O)C=C)ccc43)C2)nc1OC. The number of nitrogens with one attached hydrogen (secondary N) is 2. The molecule has 3 aromatic rings. The van der Waals surface area contributed by atoms with E-state index in [2.05, 4.69) is 41.6 Å². The lowest BCUT2D eigenvalue weighted by molar-refractivity contribution is -0.111. The largest absolute Gasteiger partial charge is 0.490 e. The van der Waals surface area contributed by atoms with Crippen LogP contribution in [0.15, 0.2) is 43.4 Å². The maximum atomic E-state index is 11.5. The first-order valence-electron chi connectivity index (χ1n) is 10.1. The molecule has 2 aromatic heterocycles. The Morgan fingerprint density at radius 2 is 2.26 bits per heavy atom. The molecule has 0 saturated heterocycles. The van der Waals surface area contributed by atoms with Crippen LogP contribution in [0.5, 0.6) is 5.88 Å². The van der Waals surface area contributed by atoms with Crippen molar-refractivity contribution in [3.05, 3.63) is 54.8 Å². The highest BCUT2D eigenvalue weighted by Crippen LogP contribution is 2.33. The summed E-state index contributed by atoms with van der Waals surface area (Å²) in [6, 6.07) is 6.21. The van der Waals surface area contributed by atoms with Gasteiger partial charge in [-0.25, -0.2) is 14.8 Å². The first-order valence-corrected chi connectivity index (χ1v) is 10.1. The molecule has 0 spiro atoms. The second kappa shape index (κ2) is 8.83. The monoisotopic (exact) mass is 417 g/mol. The normalized spacial score (nSPS) is 18.2. The van der Waals surface area contributed by atoms with E-state index in [1.165, 1.54) is 19.4 Å². The minimum Gasteiger partial charge on any atom is -0.490 e. The summed E-state index contributed by atoms with van der Waals surface area (Å²) >= 11 is 0. The van der Waals surface area contributed by atoms with Crippen LogP contribution in [0, 0.1) is 6.57 Å². The van der Waals surface area contributed by atoms with E-state index in [9.17, 15) is 4.79 Å². The summed E-state index contributed by atoms with van der Waals surface area (Å²) < 4.78 is 7.39. The third-order valence-electron chi connectivity index (χ3n) is 5.45. The van der Waals surface area contributed by atoms with Crippen molar-refractivity contribution in [1.29, 1.82) is 0 Å². The van der Waals surface area contributed by atoms with Crippen molar-refractivity contribution in [2.24, 2.45) is 0 Å². The smallest absolute Gasteiger partial charge is 0.264 e. The van der Waals surface area contributed by atoms with Crippen LogP contribution in [0.25, 0.3) is 15.9 Å². The Labute approximate surface area is 180 Å². The molecule has 4 rings (SSSR count). The first kappa shape index (κ1) is 20.3. The number of ether oxygens (including phenoxy) is 1. The quantitative estimate of drug-likeness (QED) is 0.463. The Hall–Kier alpha value is -3.93. The topological polar surface area (TPSA) is 98.3 Å². The van der Waals surface area contributed by atoms with Gasteiger partial charge in [0, 0.05) is 24.0 Å². The van der Waals surface area contributed by atoms with Crippen LogP contribution in [0.1, 0.15) is 31.7 Å². The summed E-state index contributed by atoms with van der Waals surface area (Å²) in [6.45, 7) is 10.6. The van der Waals surface area contributed by atoms with Gasteiger partial charge in [-0.2, -0.15) is 4.98 Å². The lowest BCUT2D eigenvalue weighted by Gasteiger charge is -2.31. The number of rotatable bonds is 6. The molecule has 1 amide bonds. The van der Waals surface area contributed by atoms with Crippen molar-refractivity contribution in [3.63, 3.8) is 0 Å². The number of imidazole rings is 1. The molecule has 1 aliphatic carbocycles. The van der Waals surface area contributed by atoms with Gasteiger partial charge in [0.25, 0.3) is 5.69 Å². The van der Waals surface area contributed by atoms with E-state index in [4.69, 9.17) is 11.3 Å². The minimum absolute atomic E-state index is 0.200. The van der Waals surface area contributed by atoms with Gasteiger partial charge in [-0.3, -0.25) is 4.79 Å². The zero-order valence-corrected chi connectivity index (χ0v) is 17.2. The summed E-state index contributed by atoms with van der Waals surface area (Å²) in [5, 5.41) is 6.15. The van der Waals surface area contributed by atoms with E-state index in [0.29, 0.717) is 17.3 Å². The van der Waals surface area contributed by atoms with E-state index in [1.807, 2.05) is 24.5 Å². The van der Waals surface area contributed by atoms with Crippen LogP contribution in [0.2, 0.25) is 0 Å². The summed E-state index contributed by atoms with van der Waals surface area (Å²) in [5.74, 6) is 0.496. The molecule has 31 heavy (non-hydrogen) atoms. The van der Waals surface area contributed by atoms with Gasteiger partial charge in [0.15, 0.2) is 0 Å². The Balaban J connectivity index is 1.49. The highest BCUT2D eigenvalue weighted by atomic mass is 16.5. The van der Waals surface area contributed by atoms with Gasteiger partial charge in [0.1, 0.15) is 0 Å². The zero-order valence-electron chi connectivity index (χ0n) is 17.2. The molecule has 2 atom stereocenters. The molecule has 9 nitrogen and oxygen atoms in total. The Morgan fingerprint density at radius 1 is 1.39 bits per heavy atom. The van der Waals surface area contributed by atoms with E-state index in [0.717, 1.165) is 36.7 Å². The van der Waals surface area contributed by atoms with Crippen LogP contribution in [-0.4, -0.2) is 38.6 Å². The third-order valence-corrected chi connectivity index (χ3v) is 5.45. The summed E-state index contributed by atoms with van der Waals surface area (Å²) in [4.78, 5) is 28.0. The van der Waals surface area contributed by atoms with Crippen molar-refractivity contribution in [2.45, 2.75) is 37.8 Å². The number of anilines is 2. The van der Waals surface area contributed by atoms with Crippen LogP contribution in [-0.2, 0) is 4.79 Å². The number of benzene rings is 1. The number of methoxy groups -OCH3 is 1. The van der Waals surface area contributed by atoms with Gasteiger partial charge in [-0.05, 0) is 50.0 Å². The maximum absolute atomic E-state index is 11.5. The highest BCUT2D eigenvalue weighted by Gasteiger charge is 2.25. The predicted molar refractivity (Wildman–Crippen MR) is 118 cm³/mol. The number of carbonyl (C=O) groups is 1. The molecule has 1 aliphatic rings. The summed E-state index contributed by atoms with van der Waals surface area (Å²) in [6.07, 6.45) is 8.61. The number of fused-ring (bicyclic) bond motifs is 1. The van der Waals surface area contributed by atoms with Crippen molar-refractivity contribution < 1.29 is 9.53 Å². The fourth-order valence-electron chi connectivity index (χ4n) is 3.98. The van der Waals surface area contributed by atoms with E-state index in [-0.39, 0.29) is 23.9 Å². The highest BCUT2D eigenvalue weighted by molar-refractivity contribution is 6.00. The molecule has 1 aromatic carbocycles. The molecule has 0 radical (unpaired) electrons. The van der Waals surface area contributed by atoms with Gasteiger partial charge in [0.2, 0.25) is 17.7 Å².